The minimum Gasteiger partial charge on any atom is -0.365 e. The second kappa shape index (κ2) is 5.41. The summed E-state index contributed by atoms with van der Waals surface area (Å²) in [5, 5.41) is 3.24. The SMILES string of the molecule is C=C/C=C\C=C1/CC(CC)C=CN1. The summed E-state index contributed by atoms with van der Waals surface area (Å²) in [6, 6.07) is 0. The van der Waals surface area contributed by atoms with Crippen LogP contribution >= 0.6 is 0 Å². The fourth-order valence-electron chi connectivity index (χ4n) is 1.35. The van der Waals surface area contributed by atoms with Gasteiger partial charge in [-0.2, -0.15) is 0 Å². The number of hydrogen-bond acceptors (Lipinski definition) is 1. The van der Waals surface area contributed by atoms with Crippen LogP contribution in [0.5, 0.6) is 0 Å². The quantitative estimate of drug-likeness (QED) is 0.650. The second-order valence-electron chi connectivity index (χ2n) is 3.19. The van der Waals surface area contributed by atoms with Gasteiger partial charge in [-0.25, -0.2) is 0 Å². The molecule has 0 fully saturated rings. The Kier molecular flexibility index (Phi) is 4.10. The molecular formula is C12H17N. The van der Waals surface area contributed by atoms with Gasteiger partial charge in [-0.05, 0) is 31.0 Å². The predicted octanol–water partition coefficient (Wildman–Crippen LogP) is 3.15. The highest BCUT2D eigenvalue weighted by Gasteiger charge is 2.08. The molecule has 1 atom stereocenters. The van der Waals surface area contributed by atoms with Gasteiger partial charge in [0.25, 0.3) is 0 Å². The zero-order valence-corrected chi connectivity index (χ0v) is 8.16. The highest BCUT2D eigenvalue weighted by molar-refractivity contribution is 5.19. The molecule has 1 N–H and O–H groups in total. The van der Waals surface area contributed by atoms with E-state index in [1.807, 2.05) is 18.4 Å². The van der Waals surface area contributed by atoms with E-state index in [4.69, 9.17) is 0 Å². The van der Waals surface area contributed by atoms with Crippen molar-refractivity contribution in [2.24, 2.45) is 5.92 Å². The fourth-order valence-corrected chi connectivity index (χ4v) is 1.35. The monoisotopic (exact) mass is 175 g/mol. The van der Waals surface area contributed by atoms with Gasteiger partial charge in [0.15, 0.2) is 0 Å². The van der Waals surface area contributed by atoms with E-state index in [0.717, 1.165) is 6.42 Å². The first-order chi connectivity index (χ1) is 6.36. The first-order valence-corrected chi connectivity index (χ1v) is 4.78. The predicted molar refractivity (Wildman–Crippen MR) is 58.1 cm³/mol. The molecule has 1 unspecified atom stereocenters. The van der Waals surface area contributed by atoms with Gasteiger partial charge in [0.1, 0.15) is 0 Å². The smallest absolute Gasteiger partial charge is 0.0152 e. The molecule has 0 bridgehead atoms. The Bertz CT molecular complexity index is 246. The van der Waals surface area contributed by atoms with Crippen LogP contribution in [0.4, 0.5) is 0 Å². The number of hydrogen-bond donors (Lipinski definition) is 1. The van der Waals surface area contributed by atoms with E-state index in [2.05, 4.69) is 31.0 Å². The Labute approximate surface area is 80.5 Å². The molecule has 13 heavy (non-hydrogen) atoms. The fraction of sp³-hybridized carbons (Fsp3) is 0.333. The van der Waals surface area contributed by atoms with Gasteiger partial charge in [0, 0.05) is 5.70 Å². The average Bonchev–Trinajstić information content (AvgIpc) is 2.19. The summed E-state index contributed by atoms with van der Waals surface area (Å²) in [7, 11) is 0. The van der Waals surface area contributed by atoms with Gasteiger partial charge >= 0.3 is 0 Å². The van der Waals surface area contributed by atoms with Crippen molar-refractivity contribution in [3.8, 4) is 0 Å². The molecule has 1 nitrogen and oxygen atoms in total. The van der Waals surface area contributed by atoms with Gasteiger partial charge in [-0.15, -0.1) is 0 Å². The van der Waals surface area contributed by atoms with Gasteiger partial charge in [-0.3, -0.25) is 0 Å². The molecule has 0 saturated heterocycles. The summed E-state index contributed by atoms with van der Waals surface area (Å²) in [5.74, 6) is 0.699. The molecule has 1 aliphatic heterocycles. The van der Waals surface area contributed by atoms with Crippen molar-refractivity contribution in [2.45, 2.75) is 19.8 Å². The number of allylic oxidation sites excluding steroid dienone is 6. The third kappa shape index (κ3) is 3.32. The van der Waals surface area contributed by atoms with E-state index < -0.39 is 0 Å². The number of nitrogens with one attached hydrogen (secondary N) is 1. The topological polar surface area (TPSA) is 12.0 Å². The average molecular weight is 175 g/mol. The van der Waals surface area contributed by atoms with E-state index in [9.17, 15) is 0 Å². The maximum atomic E-state index is 3.62. The molecule has 0 spiro atoms. The Morgan fingerprint density at radius 1 is 1.62 bits per heavy atom. The normalized spacial score (nSPS) is 25.0. The molecule has 1 heteroatoms. The molecule has 0 aromatic heterocycles. The van der Waals surface area contributed by atoms with Crippen molar-refractivity contribution in [3.05, 3.63) is 48.9 Å². The van der Waals surface area contributed by atoms with Crippen LogP contribution in [0.25, 0.3) is 0 Å². The third-order valence-electron chi connectivity index (χ3n) is 2.19. The van der Waals surface area contributed by atoms with Gasteiger partial charge in [0.05, 0.1) is 0 Å². The molecule has 0 radical (unpaired) electrons. The van der Waals surface area contributed by atoms with Crippen LogP contribution in [0.3, 0.4) is 0 Å². The van der Waals surface area contributed by atoms with Crippen molar-refractivity contribution >= 4 is 0 Å². The summed E-state index contributed by atoms with van der Waals surface area (Å²) in [5.41, 5.74) is 1.28. The lowest BCUT2D eigenvalue weighted by Gasteiger charge is -2.18. The van der Waals surface area contributed by atoms with Crippen molar-refractivity contribution in [1.82, 2.24) is 5.32 Å². The first-order valence-electron chi connectivity index (χ1n) is 4.78. The van der Waals surface area contributed by atoms with E-state index in [1.165, 1.54) is 12.1 Å². The van der Waals surface area contributed by atoms with Crippen LogP contribution in [0.15, 0.2) is 48.9 Å². The largest absolute Gasteiger partial charge is 0.365 e. The van der Waals surface area contributed by atoms with E-state index >= 15 is 0 Å². The highest BCUT2D eigenvalue weighted by Crippen LogP contribution is 2.18. The van der Waals surface area contributed by atoms with Crippen molar-refractivity contribution in [3.63, 3.8) is 0 Å². The van der Waals surface area contributed by atoms with Gasteiger partial charge in [0.2, 0.25) is 0 Å². The van der Waals surface area contributed by atoms with Gasteiger partial charge < -0.3 is 5.32 Å². The molecule has 1 rings (SSSR count). The Hall–Kier alpha value is -1.24. The Morgan fingerprint density at radius 3 is 3.15 bits per heavy atom. The summed E-state index contributed by atoms with van der Waals surface area (Å²) in [4.78, 5) is 0. The van der Waals surface area contributed by atoms with Crippen LogP contribution in [0.2, 0.25) is 0 Å². The Balaban J connectivity index is 2.53. The lowest BCUT2D eigenvalue weighted by atomic mass is 9.98. The minimum atomic E-state index is 0.699. The lowest BCUT2D eigenvalue weighted by molar-refractivity contribution is 0.582. The summed E-state index contributed by atoms with van der Waals surface area (Å²) in [6.45, 7) is 5.84. The molecule has 0 aromatic carbocycles. The molecule has 1 heterocycles. The molecule has 1 aliphatic rings. The van der Waals surface area contributed by atoms with Crippen LogP contribution in [-0.2, 0) is 0 Å². The van der Waals surface area contributed by atoms with Crippen molar-refractivity contribution < 1.29 is 0 Å². The van der Waals surface area contributed by atoms with Crippen LogP contribution in [0.1, 0.15) is 19.8 Å². The Morgan fingerprint density at radius 2 is 2.46 bits per heavy atom. The van der Waals surface area contributed by atoms with Crippen LogP contribution in [0, 0.1) is 5.92 Å². The zero-order chi connectivity index (χ0) is 9.52. The molecule has 70 valence electrons. The molecule has 0 aromatic rings. The van der Waals surface area contributed by atoms with E-state index in [-0.39, 0.29) is 0 Å². The summed E-state index contributed by atoms with van der Waals surface area (Å²) < 4.78 is 0. The molecule has 0 saturated carbocycles. The van der Waals surface area contributed by atoms with Crippen molar-refractivity contribution in [1.29, 1.82) is 0 Å². The highest BCUT2D eigenvalue weighted by atomic mass is 14.9. The second-order valence-corrected chi connectivity index (χ2v) is 3.19. The zero-order valence-electron chi connectivity index (χ0n) is 8.16. The summed E-state index contributed by atoms with van der Waals surface area (Å²) in [6.07, 6.45) is 14.4. The molecule has 0 amide bonds. The lowest BCUT2D eigenvalue weighted by Crippen LogP contribution is -2.14. The summed E-state index contributed by atoms with van der Waals surface area (Å²) >= 11 is 0. The minimum absolute atomic E-state index is 0.699. The standard InChI is InChI=1S/C12H17N/c1-3-5-6-7-12-10-11(4-2)8-9-13-12/h3,5-9,11,13H,1,4,10H2,2H3/b6-5-,12-7+. The van der Waals surface area contributed by atoms with Gasteiger partial charge in [-0.1, -0.05) is 37.8 Å². The maximum Gasteiger partial charge on any atom is 0.0152 e. The van der Waals surface area contributed by atoms with Crippen molar-refractivity contribution in [2.75, 3.05) is 0 Å². The first kappa shape index (κ1) is 9.85. The van der Waals surface area contributed by atoms with Crippen LogP contribution < -0.4 is 5.32 Å². The van der Waals surface area contributed by atoms with Crippen LogP contribution in [-0.4, -0.2) is 0 Å². The number of rotatable bonds is 3. The van der Waals surface area contributed by atoms with E-state index in [0.29, 0.717) is 5.92 Å². The third-order valence-corrected chi connectivity index (χ3v) is 2.19. The maximum absolute atomic E-state index is 3.62. The molecule has 0 aliphatic carbocycles. The van der Waals surface area contributed by atoms with E-state index in [1.54, 1.807) is 6.08 Å². The molecular weight excluding hydrogens is 158 g/mol.